The molecule has 0 radical (unpaired) electrons. The molecular formula is C15H21NO2. The van der Waals surface area contributed by atoms with E-state index in [1.54, 1.807) is 7.11 Å². The van der Waals surface area contributed by atoms with E-state index < -0.39 is 0 Å². The summed E-state index contributed by atoms with van der Waals surface area (Å²) in [6.07, 6.45) is 2.76. The number of ether oxygens (including phenoxy) is 1. The number of rotatable bonds is 3. The monoisotopic (exact) mass is 247 g/mol. The van der Waals surface area contributed by atoms with Gasteiger partial charge >= 0.3 is 0 Å². The summed E-state index contributed by atoms with van der Waals surface area (Å²) in [4.78, 5) is 14.1. The van der Waals surface area contributed by atoms with Gasteiger partial charge in [0.25, 0.3) is 0 Å². The summed E-state index contributed by atoms with van der Waals surface area (Å²) in [5, 5.41) is 0. The summed E-state index contributed by atoms with van der Waals surface area (Å²) in [7, 11) is 1.65. The first-order valence-corrected chi connectivity index (χ1v) is 6.59. The molecule has 18 heavy (non-hydrogen) atoms. The summed E-state index contributed by atoms with van der Waals surface area (Å²) in [6.45, 7) is 4.08. The normalized spacial score (nSPS) is 16.7. The zero-order valence-corrected chi connectivity index (χ0v) is 11.2. The standard InChI is InChI=1S/C15H21NO2/c1-12-7-9-16(10-8-12)15(17)11-13-3-5-14(18-2)6-4-13/h3-6,12H,7-11H2,1-2H3. The van der Waals surface area contributed by atoms with E-state index in [-0.39, 0.29) is 5.91 Å². The minimum Gasteiger partial charge on any atom is -0.497 e. The van der Waals surface area contributed by atoms with Crippen LogP contribution < -0.4 is 4.74 Å². The summed E-state index contributed by atoms with van der Waals surface area (Å²) >= 11 is 0. The highest BCUT2D eigenvalue weighted by Gasteiger charge is 2.20. The molecule has 1 fully saturated rings. The first kappa shape index (κ1) is 12.9. The highest BCUT2D eigenvalue weighted by Crippen LogP contribution is 2.17. The molecule has 3 nitrogen and oxygen atoms in total. The van der Waals surface area contributed by atoms with Gasteiger partial charge in [0.1, 0.15) is 5.75 Å². The molecule has 0 unspecified atom stereocenters. The molecule has 0 N–H and O–H groups in total. The molecule has 2 rings (SSSR count). The molecule has 1 amide bonds. The Labute approximate surface area is 109 Å². The Morgan fingerprint density at radius 3 is 2.44 bits per heavy atom. The third-order valence-corrected chi connectivity index (χ3v) is 3.65. The second kappa shape index (κ2) is 5.89. The van der Waals surface area contributed by atoms with E-state index in [0.717, 1.165) is 43.2 Å². The number of hydrogen-bond donors (Lipinski definition) is 0. The average molecular weight is 247 g/mol. The second-order valence-corrected chi connectivity index (χ2v) is 5.09. The molecular weight excluding hydrogens is 226 g/mol. The van der Waals surface area contributed by atoms with Crippen LogP contribution in [0.15, 0.2) is 24.3 Å². The van der Waals surface area contributed by atoms with Crippen LogP contribution in [0.5, 0.6) is 5.75 Å². The maximum Gasteiger partial charge on any atom is 0.226 e. The van der Waals surface area contributed by atoms with Gasteiger partial charge in [0, 0.05) is 13.1 Å². The largest absolute Gasteiger partial charge is 0.497 e. The van der Waals surface area contributed by atoms with Crippen molar-refractivity contribution in [2.24, 2.45) is 5.92 Å². The van der Waals surface area contributed by atoms with E-state index in [1.807, 2.05) is 29.2 Å². The fourth-order valence-corrected chi connectivity index (χ4v) is 2.29. The van der Waals surface area contributed by atoms with Crippen LogP contribution in [-0.4, -0.2) is 31.0 Å². The number of carbonyl (C=O) groups excluding carboxylic acids is 1. The maximum atomic E-state index is 12.1. The van der Waals surface area contributed by atoms with Crippen LogP contribution in [0.4, 0.5) is 0 Å². The van der Waals surface area contributed by atoms with Crippen molar-refractivity contribution in [1.29, 1.82) is 0 Å². The molecule has 1 aromatic carbocycles. The van der Waals surface area contributed by atoms with Gasteiger partial charge in [-0.25, -0.2) is 0 Å². The van der Waals surface area contributed by atoms with Crippen LogP contribution in [0.1, 0.15) is 25.3 Å². The van der Waals surface area contributed by atoms with E-state index in [1.165, 1.54) is 0 Å². The Kier molecular flexibility index (Phi) is 4.24. The molecule has 1 heterocycles. The van der Waals surface area contributed by atoms with Gasteiger partial charge in [-0.3, -0.25) is 4.79 Å². The fraction of sp³-hybridized carbons (Fsp3) is 0.533. The molecule has 3 heteroatoms. The Hall–Kier alpha value is -1.51. The van der Waals surface area contributed by atoms with Crippen LogP contribution in [0.3, 0.4) is 0 Å². The number of hydrogen-bond acceptors (Lipinski definition) is 2. The Bertz CT molecular complexity index is 391. The smallest absolute Gasteiger partial charge is 0.226 e. The third kappa shape index (κ3) is 3.25. The molecule has 0 bridgehead atoms. The zero-order chi connectivity index (χ0) is 13.0. The predicted molar refractivity (Wildman–Crippen MR) is 71.7 cm³/mol. The van der Waals surface area contributed by atoms with Crippen molar-refractivity contribution in [3.8, 4) is 5.75 Å². The molecule has 1 saturated heterocycles. The second-order valence-electron chi connectivity index (χ2n) is 5.09. The Balaban J connectivity index is 1.90. The summed E-state index contributed by atoms with van der Waals surface area (Å²) in [5.41, 5.74) is 1.06. The topological polar surface area (TPSA) is 29.5 Å². The number of amides is 1. The Morgan fingerprint density at radius 1 is 1.28 bits per heavy atom. The number of carbonyl (C=O) groups is 1. The van der Waals surface area contributed by atoms with Crippen molar-refractivity contribution in [1.82, 2.24) is 4.90 Å². The van der Waals surface area contributed by atoms with Crippen LogP contribution in [0, 0.1) is 5.92 Å². The van der Waals surface area contributed by atoms with Crippen molar-refractivity contribution < 1.29 is 9.53 Å². The molecule has 98 valence electrons. The van der Waals surface area contributed by atoms with Crippen molar-refractivity contribution in [3.05, 3.63) is 29.8 Å². The van der Waals surface area contributed by atoms with E-state index in [9.17, 15) is 4.79 Å². The fourth-order valence-electron chi connectivity index (χ4n) is 2.29. The highest BCUT2D eigenvalue weighted by atomic mass is 16.5. The third-order valence-electron chi connectivity index (χ3n) is 3.65. The van der Waals surface area contributed by atoms with Gasteiger partial charge in [-0.2, -0.15) is 0 Å². The van der Waals surface area contributed by atoms with Crippen LogP contribution in [-0.2, 0) is 11.2 Å². The summed E-state index contributed by atoms with van der Waals surface area (Å²) in [6, 6.07) is 7.73. The first-order valence-electron chi connectivity index (χ1n) is 6.59. The SMILES string of the molecule is COc1ccc(CC(=O)N2CCC(C)CC2)cc1. The van der Waals surface area contributed by atoms with Crippen LogP contribution in [0.2, 0.25) is 0 Å². The predicted octanol–water partition coefficient (Wildman–Crippen LogP) is 2.50. The minimum atomic E-state index is 0.243. The van der Waals surface area contributed by atoms with Crippen molar-refractivity contribution in [2.45, 2.75) is 26.2 Å². The zero-order valence-electron chi connectivity index (χ0n) is 11.2. The van der Waals surface area contributed by atoms with Gasteiger partial charge in [0.2, 0.25) is 5.91 Å². The van der Waals surface area contributed by atoms with Gasteiger partial charge in [-0.05, 0) is 36.5 Å². The first-order chi connectivity index (χ1) is 8.69. The Morgan fingerprint density at radius 2 is 1.89 bits per heavy atom. The number of piperidine rings is 1. The van der Waals surface area contributed by atoms with Crippen molar-refractivity contribution in [2.75, 3.05) is 20.2 Å². The molecule has 0 atom stereocenters. The molecule has 0 aromatic heterocycles. The number of likely N-dealkylation sites (tertiary alicyclic amines) is 1. The van der Waals surface area contributed by atoms with Crippen LogP contribution >= 0.6 is 0 Å². The van der Waals surface area contributed by atoms with Gasteiger partial charge in [-0.15, -0.1) is 0 Å². The maximum absolute atomic E-state index is 12.1. The molecule has 0 saturated carbocycles. The van der Waals surface area contributed by atoms with Crippen LogP contribution in [0.25, 0.3) is 0 Å². The average Bonchev–Trinajstić information content (AvgIpc) is 2.40. The molecule has 0 spiro atoms. The van der Waals surface area contributed by atoms with E-state index >= 15 is 0 Å². The minimum absolute atomic E-state index is 0.243. The quantitative estimate of drug-likeness (QED) is 0.821. The highest BCUT2D eigenvalue weighted by molar-refractivity contribution is 5.78. The van der Waals surface area contributed by atoms with E-state index in [4.69, 9.17) is 4.74 Å². The number of nitrogens with zero attached hydrogens (tertiary/aromatic N) is 1. The van der Waals surface area contributed by atoms with Crippen molar-refractivity contribution in [3.63, 3.8) is 0 Å². The lowest BCUT2D eigenvalue weighted by atomic mass is 9.98. The van der Waals surface area contributed by atoms with Gasteiger partial charge < -0.3 is 9.64 Å². The van der Waals surface area contributed by atoms with E-state index in [2.05, 4.69) is 6.92 Å². The number of methoxy groups -OCH3 is 1. The lowest BCUT2D eigenvalue weighted by Crippen LogP contribution is -2.38. The molecule has 1 aliphatic heterocycles. The summed E-state index contributed by atoms with van der Waals surface area (Å²) in [5.74, 6) is 1.83. The number of benzene rings is 1. The van der Waals surface area contributed by atoms with Gasteiger partial charge in [-0.1, -0.05) is 19.1 Å². The van der Waals surface area contributed by atoms with Crippen molar-refractivity contribution >= 4 is 5.91 Å². The molecule has 1 aliphatic rings. The van der Waals surface area contributed by atoms with Gasteiger partial charge in [0.05, 0.1) is 13.5 Å². The van der Waals surface area contributed by atoms with E-state index in [0.29, 0.717) is 6.42 Å². The lowest BCUT2D eigenvalue weighted by molar-refractivity contribution is -0.131. The molecule has 0 aliphatic carbocycles. The van der Waals surface area contributed by atoms with Gasteiger partial charge in [0.15, 0.2) is 0 Å². The lowest BCUT2D eigenvalue weighted by Gasteiger charge is -2.30. The molecule has 1 aromatic rings. The summed E-state index contributed by atoms with van der Waals surface area (Å²) < 4.78 is 5.11.